The number of alkyl halides is 4. The Bertz CT molecular complexity index is 688. The molecule has 0 bridgehead atoms. The lowest BCUT2D eigenvalue weighted by atomic mass is 9.96. The van der Waals surface area contributed by atoms with Crippen molar-refractivity contribution >= 4 is 5.57 Å². The van der Waals surface area contributed by atoms with E-state index < -0.39 is 29.5 Å². The van der Waals surface area contributed by atoms with Crippen LogP contribution in [0, 0.1) is 11.6 Å². The van der Waals surface area contributed by atoms with E-state index in [0.717, 1.165) is 24.3 Å². The van der Waals surface area contributed by atoms with Gasteiger partial charge in [0.2, 0.25) is 0 Å². The molecule has 6 heteroatoms. The summed E-state index contributed by atoms with van der Waals surface area (Å²) >= 11 is 0. The zero-order chi connectivity index (χ0) is 16.5. The lowest BCUT2D eigenvalue weighted by molar-refractivity contribution is -0.135. The van der Waals surface area contributed by atoms with Crippen LogP contribution in [0.25, 0.3) is 5.57 Å². The van der Waals surface area contributed by atoms with Crippen LogP contribution in [0.3, 0.4) is 0 Å². The Morgan fingerprint density at radius 1 is 0.864 bits per heavy atom. The van der Waals surface area contributed by atoms with Crippen LogP contribution in [-0.4, -0.2) is 6.43 Å². The molecule has 0 fully saturated rings. The van der Waals surface area contributed by atoms with Gasteiger partial charge in [0.1, 0.15) is 11.6 Å². The fourth-order valence-corrected chi connectivity index (χ4v) is 1.90. The van der Waals surface area contributed by atoms with Crippen molar-refractivity contribution in [2.24, 2.45) is 0 Å². The predicted molar refractivity (Wildman–Crippen MR) is 70.8 cm³/mol. The van der Waals surface area contributed by atoms with E-state index in [1.165, 1.54) is 12.1 Å². The summed E-state index contributed by atoms with van der Waals surface area (Å²) in [5.41, 5.74) is -0.744. The van der Waals surface area contributed by atoms with Gasteiger partial charge in [0, 0.05) is 5.56 Å². The van der Waals surface area contributed by atoms with Crippen LogP contribution < -0.4 is 0 Å². The minimum atomic E-state index is -4.47. The molecular weight excluding hydrogens is 306 g/mol. The van der Waals surface area contributed by atoms with Crippen LogP contribution in [0.1, 0.15) is 16.7 Å². The summed E-state index contributed by atoms with van der Waals surface area (Å²) in [5, 5.41) is 0. The third kappa shape index (κ3) is 3.16. The molecule has 0 aliphatic carbocycles. The molecule has 22 heavy (non-hydrogen) atoms. The van der Waals surface area contributed by atoms with Gasteiger partial charge >= 0.3 is 12.3 Å². The third-order valence-electron chi connectivity index (χ3n) is 3.10. The molecule has 0 spiro atoms. The number of halogens is 6. The van der Waals surface area contributed by atoms with E-state index in [9.17, 15) is 26.3 Å². The van der Waals surface area contributed by atoms with Gasteiger partial charge in [0.05, 0.1) is 0 Å². The van der Waals surface area contributed by atoms with E-state index in [1.807, 2.05) is 0 Å². The topological polar surface area (TPSA) is 0 Å². The number of hydrogen-bond acceptors (Lipinski definition) is 0. The molecule has 0 aliphatic rings. The second-order valence-electron chi connectivity index (χ2n) is 4.64. The zero-order valence-electron chi connectivity index (χ0n) is 11.1. The Kier molecular flexibility index (Phi) is 4.30. The van der Waals surface area contributed by atoms with Crippen molar-refractivity contribution in [2.45, 2.75) is 12.3 Å². The molecule has 0 radical (unpaired) electrons. The average Bonchev–Trinajstić information content (AvgIpc) is 2.46. The summed E-state index contributed by atoms with van der Waals surface area (Å²) in [5.74, 6) is -6.07. The minimum Gasteiger partial charge on any atom is -0.207 e. The van der Waals surface area contributed by atoms with Crippen LogP contribution in [0.4, 0.5) is 26.3 Å². The molecule has 2 aromatic rings. The summed E-state index contributed by atoms with van der Waals surface area (Å²) in [6.45, 7) is 3.61. The molecule has 0 amide bonds. The molecule has 0 heterocycles. The molecule has 0 saturated carbocycles. The first-order valence-corrected chi connectivity index (χ1v) is 6.14. The van der Waals surface area contributed by atoms with Crippen molar-refractivity contribution in [3.63, 3.8) is 0 Å². The molecule has 2 aromatic carbocycles. The maximum atomic E-state index is 13.5. The Balaban J connectivity index is 2.46. The first-order valence-electron chi connectivity index (χ1n) is 6.14. The SMILES string of the molecule is C=C(c1ccc(F)cc1)c1cc(F)cc(C(F)(F)C(F)F)c1. The molecule has 0 N–H and O–H groups in total. The van der Waals surface area contributed by atoms with Gasteiger partial charge in [0.15, 0.2) is 0 Å². The van der Waals surface area contributed by atoms with Crippen molar-refractivity contribution in [3.8, 4) is 0 Å². The third-order valence-corrected chi connectivity index (χ3v) is 3.10. The van der Waals surface area contributed by atoms with Crippen LogP contribution in [0.15, 0.2) is 49.0 Å². The van der Waals surface area contributed by atoms with Gasteiger partial charge in [-0.15, -0.1) is 0 Å². The lowest BCUT2D eigenvalue weighted by Gasteiger charge is -2.17. The van der Waals surface area contributed by atoms with E-state index in [2.05, 4.69) is 6.58 Å². The van der Waals surface area contributed by atoms with Crippen molar-refractivity contribution in [1.29, 1.82) is 0 Å². The second-order valence-corrected chi connectivity index (χ2v) is 4.64. The van der Waals surface area contributed by atoms with Crippen molar-refractivity contribution < 1.29 is 26.3 Å². The van der Waals surface area contributed by atoms with Crippen molar-refractivity contribution in [2.75, 3.05) is 0 Å². The van der Waals surface area contributed by atoms with Crippen LogP contribution >= 0.6 is 0 Å². The van der Waals surface area contributed by atoms with E-state index in [1.54, 1.807) is 0 Å². The van der Waals surface area contributed by atoms with E-state index in [-0.39, 0.29) is 11.1 Å². The normalized spacial score (nSPS) is 11.8. The average molecular weight is 316 g/mol. The number of hydrogen-bond donors (Lipinski definition) is 0. The van der Waals surface area contributed by atoms with E-state index in [0.29, 0.717) is 11.6 Å². The maximum absolute atomic E-state index is 13.5. The lowest BCUT2D eigenvalue weighted by Crippen LogP contribution is -2.23. The predicted octanol–water partition coefficient (Wildman–Crippen LogP) is 5.38. The largest absolute Gasteiger partial charge is 0.332 e. The first-order chi connectivity index (χ1) is 10.2. The quantitative estimate of drug-likeness (QED) is 0.664. The molecule has 0 unspecified atom stereocenters. The highest BCUT2D eigenvalue weighted by Gasteiger charge is 2.43. The molecular formula is C16H10F6. The van der Waals surface area contributed by atoms with Crippen LogP contribution in [0.2, 0.25) is 0 Å². The zero-order valence-corrected chi connectivity index (χ0v) is 11.1. The summed E-state index contributed by atoms with van der Waals surface area (Å²) < 4.78 is 77.8. The molecule has 116 valence electrons. The minimum absolute atomic E-state index is 0.0815. The molecule has 2 rings (SSSR count). The van der Waals surface area contributed by atoms with E-state index >= 15 is 0 Å². The van der Waals surface area contributed by atoms with Crippen LogP contribution in [-0.2, 0) is 5.92 Å². The van der Waals surface area contributed by atoms with Gasteiger partial charge in [-0.05, 0) is 47.0 Å². The molecule has 0 nitrogen and oxygen atoms in total. The highest BCUT2D eigenvalue weighted by atomic mass is 19.3. The fraction of sp³-hybridized carbons (Fsp3) is 0.125. The molecule has 0 atom stereocenters. The van der Waals surface area contributed by atoms with Gasteiger partial charge < -0.3 is 0 Å². The smallest absolute Gasteiger partial charge is 0.207 e. The first kappa shape index (κ1) is 16.1. The Morgan fingerprint density at radius 2 is 1.45 bits per heavy atom. The highest BCUT2D eigenvalue weighted by molar-refractivity contribution is 5.78. The standard InChI is InChI=1S/C16H10F6/c1-9(10-2-4-13(17)5-3-10)11-6-12(8-14(18)7-11)16(21,22)15(19)20/h2-8,15H,1H2. The van der Waals surface area contributed by atoms with E-state index in [4.69, 9.17) is 0 Å². The number of benzene rings is 2. The van der Waals surface area contributed by atoms with Gasteiger partial charge in [-0.1, -0.05) is 18.7 Å². The molecule has 0 aliphatic heterocycles. The summed E-state index contributed by atoms with van der Waals surface area (Å²) in [6.07, 6.45) is -3.96. The van der Waals surface area contributed by atoms with Gasteiger partial charge in [-0.25, -0.2) is 17.6 Å². The summed E-state index contributed by atoms with van der Waals surface area (Å²) in [4.78, 5) is 0. The van der Waals surface area contributed by atoms with Gasteiger partial charge in [-0.2, -0.15) is 8.78 Å². The van der Waals surface area contributed by atoms with Crippen molar-refractivity contribution in [1.82, 2.24) is 0 Å². The van der Waals surface area contributed by atoms with Crippen molar-refractivity contribution in [3.05, 3.63) is 77.4 Å². The fourth-order valence-electron chi connectivity index (χ4n) is 1.90. The molecule has 0 aromatic heterocycles. The molecule has 0 saturated heterocycles. The van der Waals surface area contributed by atoms with Gasteiger partial charge in [-0.3, -0.25) is 0 Å². The Labute approximate surface area is 122 Å². The maximum Gasteiger partial charge on any atom is 0.332 e. The second kappa shape index (κ2) is 5.87. The Hall–Kier alpha value is -2.24. The summed E-state index contributed by atoms with van der Waals surface area (Å²) in [7, 11) is 0. The number of rotatable bonds is 4. The van der Waals surface area contributed by atoms with Crippen LogP contribution in [0.5, 0.6) is 0 Å². The van der Waals surface area contributed by atoms with Gasteiger partial charge in [0.25, 0.3) is 0 Å². The summed E-state index contributed by atoms with van der Waals surface area (Å²) in [6, 6.07) is 6.90. The highest BCUT2D eigenvalue weighted by Crippen LogP contribution is 2.36. The monoisotopic (exact) mass is 316 g/mol. The Morgan fingerprint density at radius 3 is 2.00 bits per heavy atom.